The average Bonchev–Trinajstić information content (AvgIpc) is 3.53. The van der Waals surface area contributed by atoms with Gasteiger partial charge in [0.2, 0.25) is 11.8 Å². The zero-order valence-electron chi connectivity index (χ0n) is 25.2. The summed E-state index contributed by atoms with van der Waals surface area (Å²) in [4.78, 5) is 52.9. The fourth-order valence-electron chi connectivity index (χ4n) is 5.79. The van der Waals surface area contributed by atoms with Gasteiger partial charge in [0, 0.05) is 25.0 Å². The molecule has 4 amide bonds. The van der Waals surface area contributed by atoms with Crippen molar-refractivity contribution in [1.29, 1.82) is 0 Å². The highest BCUT2D eigenvalue weighted by atomic mass is 16.6. The number of benzene rings is 2. The number of nitrogens with zero attached hydrogens (tertiary/aromatic N) is 1. The van der Waals surface area contributed by atoms with E-state index >= 15 is 0 Å². The van der Waals surface area contributed by atoms with Gasteiger partial charge in [-0.3, -0.25) is 14.5 Å². The fraction of sp³-hybridized carbons (Fsp3) is 0.515. The Labute approximate surface area is 252 Å². The van der Waals surface area contributed by atoms with Crippen LogP contribution in [0.3, 0.4) is 0 Å². The van der Waals surface area contributed by atoms with Crippen molar-refractivity contribution < 1.29 is 28.7 Å². The van der Waals surface area contributed by atoms with Crippen LogP contribution in [0.1, 0.15) is 76.3 Å². The monoisotopic (exact) mass is 590 g/mol. The minimum atomic E-state index is -0.779. The van der Waals surface area contributed by atoms with Gasteiger partial charge in [-0.15, -0.1) is 0 Å². The van der Waals surface area contributed by atoms with E-state index in [1.165, 1.54) is 4.90 Å². The van der Waals surface area contributed by atoms with Crippen molar-refractivity contribution in [3.05, 3.63) is 59.7 Å². The van der Waals surface area contributed by atoms with Crippen LogP contribution in [0, 0.1) is 0 Å². The number of rotatable bonds is 10. The number of hydrogen-bond acceptors (Lipinski definition) is 6. The second kappa shape index (κ2) is 13.1. The molecule has 0 unspecified atom stereocenters. The van der Waals surface area contributed by atoms with Crippen LogP contribution in [-0.4, -0.2) is 72.3 Å². The molecule has 43 heavy (non-hydrogen) atoms. The lowest BCUT2D eigenvalue weighted by atomic mass is 9.98. The summed E-state index contributed by atoms with van der Waals surface area (Å²) >= 11 is 0. The lowest BCUT2D eigenvalue weighted by Gasteiger charge is -2.29. The van der Waals surface area contributed by atoms with Crippen molar-refractivity contribution in [3.63, 3.8) is 0 Å². The van der Waals surface area contributed by atoms with Gasteiger partial charge in [0.15, 0.2) is 0 Å². The standard InChI is InChI=1S/C33H42N4O6/c1-33(2,3)43-32(41)37-19-9-15-28(37)30(39)36-27(29(38)35-21-16-17-21)14-8-18-34-31(40)42-20-26-24-12-6-4-10-22(24)23-11-5-7-13-25(23)26/h4-7,10-13,21,26-28H,8-9,14-20H2,1-3H3,(H,34,40)(H,35,38)(H,36,39)/t27-,28-/m0/s1. The molecule has 3 N–H and O–H groups in total. The van der Waals surface area contributed by atoms with E-state index in [-0.39, 0.29) is 36.9 Å². The maximum Gasteiger partial charge on any atom is 0.410 e. The van der Waals surface area contributed by atoms with Gasteiger partial charge in [-0.25, -0.2) is 9.59 Å². The van der Waals surface area contributed by atoms with Crippen LogP contribution in [0.5, 0.6) is 0 Å². The van der Waals surface area contributed by atoms with Gasteiger partial charge in [-0.05, 0) is 81.5 Å². The molecule has 0 radical (unpaired) electrons. The van der Waals surface area contributed by atoms with E-state index in [4.69, 9.17) is 9.47 Å². The SMILES string of the molecule is CC(C)(C)OC(=O)N1CCC[C@H]1C(=O)N[C@@H](CCCNC(=O)OCC1c2ccccc2-c2ccccc21)C(=O)NC1CC1. The van der Waals surface area contributed by atoms with E-state index in [1.54, 1.807) is 20.8 Å². The molecule has 0 bridgehead atoms. The van der Waals surface area contributed by atoms with Crippen molar-refractivity contribution >= 4 is 24.0 Å². The second-order valence-corrected chi connectivity index (χ2v) is 12.6. The van der Waals surface area contributed by atoms with Gasteiger partial charge in [-0.1, -0.05) is 48.5 Å². The number of hydrogen-bond donors (Lipinski definition) is 3. The van der Waals surface area contributed by atoms with Crippen molar-refractivity contribution in [2.45, 2.75) is 88.9 Å². The molecule has 1 saturated carbocycles. The molecule has 5 rings (SSSR count). The lowest BCUT2D eigenvalue weighted by molar-refractivity contribution is -0.131. The van der Waals surface area contributed by atoms with Crippen LogP contribution in [0.2, 0.25) is 0 Å². The maximum absolute atomic E-state index is 13.2. The molecular formula is C33H42N4O6. The first-order chi connectivity index (χ1) is 20.6. The summed E-state index contributed by atoms with van der Waals surface area (Å²) in [6.07, 6.45) is 2.75. The number of nitrogens with one attached hydrogen (secondary N) is 3. The molecule has 3 aliphatic rings. The number of alkyl carbamates (subject to hydrolysis) is 1. The molecule has 230 valence electrons. The van der Waals surface area contributed by atoms with Gasteiger partial charge < -0.3 is 25.4 Å². The molecule has 2 aromatic rings. The molecule has 0 aromatic heterocycles. The first kappa shape index (κ1) is 30.4. The van der Waals surface area contributed by atoms with Crippen LogP contribution in [-0.2, 0) is 19.1 Å². The molecule has 2 aromatic carbocycles. The maximum atomic E-state index is 13.2. The van der Waals surface area contributed by atoms with Crippen molar-refractivity contribution in [1.82, 2.24) is 20.9 Å². The Morgan fingerprint density at radius 2 is 1.60 bits per heavy atom. The predicted molar refractivity (Wildman–Crippen MR) is 161 cm³/mol. The quantitative estimate of drug-likeness (QED) is 0.351. The van der Waals surface area contributed by atoms with E-state index < -0.39 is 29.9 Å². The predicted octanol–water partition coefficient (Wildman–Crippen LogP) is 4.47. The largest absolute Gasteiger partial charge is 0.449 e. The third-order valence-corrected chi connectivity index (χ3v) is 8.02. The second-order valence-electron chi connectivity index (χ2n) is 12.6. The zero-order valence-corrected chi connectivity index (χ0v) is 25.2. The molecule has 1 heterocycles. The molecule has 2 atom stereocenters. The molecule has 1 aliphatic heterocycles. The van der Waals surface area contributed by atoms with E-state index in [9.17, 15) is 19.2 Å². The van der Waals surface area contributed by atoms with Gasteiger partial charge in [0.05, 0.1) is 0 Å². The molecule has 2 aliphatic carbocycles. The fourth-order valence-corrected chi connectivity index (χ4v) is 5.79. The zero-order chi connectivity index (χ0) is 30.6. The smallest absolute Gasteiger partial charge is 0.410 e. The molecule has 10 heteroatoms. The number of amides is 4. The summed E-state index contributed by atoms with van der Waals surface area (Å²) in [5.41, 5.74) is 3.94. The van der Waals surface area contributed by atoms with Crippen LogP contribution in [0.25, 0.3) is 11.1 Å². The number of fused-ring (bicyclic) bond motifs is 3. The Kier molecular flexibility index (Phi) is 9.22. The minimum absolute atomic E-state index is 0.0281. The lowest BCUT2D eigenvalue weighted by Crippen LogP contribution is -2.54. The highest BCUT2D eigenvalue weighted by Crippen LogP contribution is 2.44. The van der Waals surface area contributed by atoms with E-state index in [0.29, 0.717) is 32.2 Å². The summed E-state index contributed by atoms with van der Waals surface area (Å²) < 4.78 is 11.1. The molecule has 10 nitrogen and oxygen atoms in total. The number of ether oxygens (including phenoxy) is 2. The number of carbonyl (C=O) groups is 4. The summed E-state index contributed by atoms with van der Waals surface area (Å²) in [5.74, 6) is -0.651. The normalized spacial score (nSPS) is 18.3. The molecular weight excluding hydrogens is 548 g/mol. The minimum Gasteiger partial charge on any atom is -0.449 e. The van der Waals surface area contributed by atoms with Crippen LogP contribution >= 0.6 is 0 Å². The van der Waals surface area contributed by atoms with E-state index in [0.717, 1.165) is 35.1 Å². The summed E-state index contributed by atoms with van der Waals surface area (Å²) in [5, 5.41) is 8.60. The van der Waals surface area contributed by atoms with Gasteiger partial charge >= 0.3 is 12.2 Å². The first-order valence-corrected chi connectivity index (χ1v) is 15.3. The van der Waals surface area contributed by atoms with Crippen molar-refractivity contribution in [2.75, 3.05) is 19.7 Å². The third kappa shape index (κ3) is 7.66. The van der Waals surface area contributed by atoms with E-state index in [1.807, 2.05) is 24.3 Å². The molecule has 2 fully saturated rings. The summed E-state index contributed by atoms with van der Waals surface area (Å²) in [6.45, 7) is 6.28. The topological polar surface area (TPSA) is 126 Å². The van der Waals surface area contributed by atoms with Crippen molar-refractivity contribution in [3.8, 4) is 11.1 Å². The summed E-state index contributed by atoms with van der Waals surface area (Å²) in [7, 11) is 0. The number of carbonyl (C=O) groups excluding carboxylic acids is 4. The Morgan fingerprint density at radius 3 is 2.23 bits per heavy atom. The van der Waals surface area contributed by atoms with Crippen LogP contribution in [0.4, 0.5) is 9.59 Å². The Hall–Kier alpha value is -4.08. The highest BCUT2D eigenvalue weighted by Gasteiger charge is 2.38. The average molecular weight is 591 g/mol. The number of likely N-dealkylation sites (tertiary alicyclic amines) is 1. The first-order valence-electron chi connectivity index (χ1n) is 15.3. The Bertz CT molecular complexity index is 1310. The Balaban J connectivity index is 1.11. The molecule has 0 spiro atoms. The van der Waals surface area contributed by atoms with E-state index in [2.05, 4.69) is 40.2 Å². The van der Waals surface area contributed by atoms with Gasteiger partial charge in [-0.2, -0.15) is 0 Å². The molecule has 1 saturated heterocycles. The Morgan fingerprint density at radius 1 is 0.953 bits per heavy atom. The highest BCUT2D eigenvalue weighted by molar-refractivity contribution is 5.91. The third-order valence-electron chi connectivity index (χ3n) is 8.02. The van der Waals surface area contributed by atoms with Gasteiger partial charge in [0.25, 0.3) is 0 Å². The summed E-state index contributed by atoms with van der Waals surface area (Å²) in [6, 6.07) is 15.0. The van der Waals surface area contributed by atoms with Crippen molar-refractivity contribution in [2.24, 2.45) is 0 Å². The van der Waals surface area contributed by atoms with Gasteiger partial charge in [0.1, 0.15) is 24.3 Å². The van der Waals surface area contributed by atoms with Crippen LogP contribution < -0.4 is 16.0 Å². The van der Waals surface area contributed by atoms with Crippen LogP contribution in [0.15, 0.2) is 48.5 Å².